The van der Waals surface area contributed by atoms with Crippen LogP contribution in [-0.2, 0) is 9.53 Å². The van der Waals surface area contributed by atoms with E-state index >= 15 is 0 Å². The maximum Gasteiger partial charge on any atom is 0.220 e. The molecule has 23 heavy (non-hydrogen) atoms. The van der Waals surface area contributed by atoms with Crippen molar-refractivity contribution in [2.24, 2.45) is 10.4 Å². The Labute approximate surface area is 139 Å². The number of guanidine groups is 1. The van der Waals surface area contributed by atoms with Gasteiger partial charge in [-0.05, 0) is 25.7 Å². The summed E-state index contributed by atoms with van der Waals surface area (Å²) in [7, 11) is 1.83. The first-order valence-corrected chi connectivity index (χ1v) is 9.05. The summed E-state index contributed by atoms with van der Waals surface area (Å²) < 4.78 is 5.90. The summed E-state index contributed by atoms with van der Waals surface area (Å²) in [5, 5.41) is 6.42. The molecule has 1 unspecified atom stereocenters. The normalized spacial score (nSPS) is 29.3. The molecule has 1 atom stereocenters. The van der Waals surface area contributed by atoms with Crippen LogP contribution in [0, 0.1) is 5.41 Å². The molecule has 1 aliphatic carbocycles. The van der Waals surface area contributed by atoms with Gasteiger partial charge in [0.1, 0.15) is 0 Å². The molecular formula is C17H30N4O2. The maximum atomic E-state index is 11.6. The molecule has 6 heteroatoms. The number of hydrogen-bond donors (Lipinski definition) is 2. The van der Waals surface area contributed by atoms with Gasteiger partial charge < -0.3 is 20.3 Å². The van der Waals surface area contributed by atoms with Crippen LogP contribution in [-0.4, -0.2) is 62.7 Å². The predicted octanol–water partition coefficient (Wildman–Crippen LogP) is 1.12. The molecule has 130 valence electrons. The number of amides is 1. The van der Waals surface area contributed by atoms with Crippen molar-refractivity contribution >= 4 is 11.9 Å². The third-order valence-electron chi connectivity index (χ3n) is 5.41. The zero-order valence-corrected chi connectivity index (χ0v) is 14.3. The molecule has 0 radical (unpaired) electrons. The second-order valence-corrected chi connectivity index (χ2v) is 7.23. The minimum Gasteiger partial charge on any atom is -0.376 e. The second-order valence-electron chi connectivity index (χ2n) is 7.23. The highest BCUT2D eigenvalue weighted by atomic mass is 16.5. The fraction of sp³-hybridized carbons (Fsp3) is 0.882. The van der Waals surface area contributed by atoms with E-state index in [-0.39, 0.29) is 11.3 Å². The Morgan fingerprint density at radius 2 is 2.26 bits per heavy atom. The van der Waals surface area contributed by atoms with Crippen LogP contribution >= 0.6 is 0 Å². The quantitative estimate of drug-likeness (QED) is 0.462. The van der Waals surface area contributed by atoms with Crippen molar-refractivity contribution in [3.63, 3.8) is 0 Å². The topological polar surface area (TPSA) is 66.0 Å². The summed E-state index contributed by atoms with van der Waals surface area (Å²) in [5.41, 5.74) is 0.104. The predicted molar refractivity (Wildman–Crippen MR) is 90.4 cm³/mol. The average molecular weight is 322 g/mol. The molecule has 1 saturated carbocycles. The van der Waals surface area contributed by atoms with Gasteiger partial charge in [0.05, 0.1) is 12.7 Å². The molecule has 0 aromatic heterocycles. The Hall–Kier alpha value is -1.30. The van der Waals surface area contributed by atoms with Gasteiger partial charge in [0, 0.05) is 45.1 Å². The Bertz CT molecular complexity index is 448. The molecule has 1 amide bonds. The van der Waals surface area contributed by atoms with E-state index < -0.39 is 0 Å². The maximum absolute atomic E-state index is 11.6. The number of rotatable bonds is 4. The third kappa shape index (κ3) is 4.16. The summed E-state index contributed by atoms with van der Waals surface area (Å²) in [6.07, 6.45) is 8.41. The summed E-state index contributed by atoms with van der Waals surface area (Å²) in [6.45, 7) is 4.27. The number of carbonyl (C=O) groups is 1. The average Bonchev–Trinajstić information content (AvgIpc) is 3.18. The molecule has 0 aromatic carbocycles. The van der Waals surface area contributed by atoms with Gasteiger partial charge in [-0.2, -0.15) is 0 Å². The van der Waals surface area contributed by atoms with Crippen molar-refractivity contribution in [1.29, 1.82) is 0 Å². The Balaban J connectivity index is 1.45. The molecule has 6 nitrogen and oxygen atoms in total. The van der Waals surface area contributed by atoms with Gasteiger partial charge in [-0.1, -0.05) is 12.8 Å². The second kappa shape index (κ2) is 7.51. The van der Waals surface area contributed by atoms with Crippen LogP contribution in [0.2, 0.25) is 0 Å². The number of piperidine rings is 1. The molecule has 3 fully saturated rings. The van der Waals surface area contributed by atoms with Gasteiger partial charge >= 0.3 is 0 Å². The SMILES string of the molecule is CN=C(NCCOC1CCCC1)N1CCCC2(CNC(=O)C2)C1. The first-order chi connectivity index (χ1) is 11.2. The zero-order chi connectivity index (χ0) is 16.1. The Kier molecular flexibility index (Phi) is 5.41. The number of hydrogen-bond acceptors (Lipinski definition) is 3. The molecule has 2 heterocycles. The van der Waals surface area contributed by atoms with E-state index in [1.54, 1.807) is 0 Å². The third-order valence-corrected chi connectivity index (χ3v) is 5.41. The Morgan fingerprint density at radius 1 is 1.43 bits per heavy atom. The largest absolute Gasteiger partial charge is 0.376 e. The minimum absolute atomic E-state index is 0.104. The van der Waals surface area contributed by atoms with E-state index in [0.717, 1.165) is 51.6 Å². The lowest BCUT2D eigenvalue weighted by molar-refractivity contribution is -0.119. The van der Waals surface area contributed by atoms with Gasteiger partial charge in [-0.15, -0.1) is 0 Å². The highest BCUT2D eigenvalue weighted by Crippen LogP contribution is 2.35. The Morgan fingerprint density at radius 3 is 2.96 bits per heavy atom. The molecule has 3 aliphatic rings. The van der Waals surface area contributed by atoms with E-state index in [1.165, 1.54) is 25.7 Å². The van der Waals surface area contributed by atoms with Crippen molar-refractivity contribution in [2.75, 3.05) is 39.8 Å². The van der Waals surface area contributed by atoms with Crippen molar-refractivity contribution in [1.82, 2.24) is 15.5 Å². The van der Waals surface area contributed by atoms with Crippen LogP contribution in [0.25, 0.3) is 0 Å². The smallest absolute Gasteiger partial charge is 0.220 e. The van der Waals surface area contributed by atoms with Gasteiger partial charge in [0.25, 0.3) is 0 Å². The molecular weight excluding hydrogens is 292 g/mol. The van der Waals surface area contributed by atoms with Crippen LogP contribution in [0.4, 0.5) is 0 Å². The molecule has 2 aliphatic heterocycles. The monoisotopic (exact) mass is 322 g/mol. The highest BCUT2D eigenvalue weighted by Gasteiger charge is 2.42. The first kappa shape index (κ1) is 16.6. The van der Waals surface area contributed by atoms with Crippen molar-refractivity contribution < 1.29 is 9.53 Å². The van der Waals surface area contributed by atoms with E-state index in [2.05, 4.69) is 20.5 Å². The summed E-state index contributed by atoms with van der Waals surface area (Å²) in [4.78, 5) is 18.3. The fourth-order valence-electron chi connectivity index (χ4n) is 4.20. The van der Waals surface area contributed by atoms with Crippen molar-refractivity contribution in [2.45, 2.75) is 51.0 Å². The van der Waals surface area contributed by atoms with Crippen LogP contribution in [0.5, 0.6) is 0 Å². The van der Waals surface area contributed by atoms with Crippen LogP contribution in [0.3, 0.4) is 0 Å². The summed E-state index contributed by atoms with van der Waals surface area (Å²) in [6, 6.07) is 0. The van der Waals surface area contributed by atoms with Gasteiger partial charge in [-0.3, -0.25) is 9.79 Å². The van der Waals surface area contributed by atoms with E-state index in [1.807, 2.05) is 7.05 Å². The minimum atomic E-state index is 0.104. The standard InChI is InChI=1S/C17H30N4O2/c1-18-16(19-8-10-23-14-5-2-3-6-14)21-9-4-7-17(13-21)11-15(22)20-12-17/h14H,2-13H2,1H3,(H,18,19)(H,20,22). The van der Waals surface area contributed by atoms with E-state index in [0.29, 0.717) is 12.5 Å². The lowest BCUT2D eigenvalue weighted by Gasteiger charge is -2.40. The molecule has 2 saturated heterocycles. The highest BCUT2D eigenvalue weighted by molar-refractivity contribution is 5.81. The molecule has 0 aromatic rings. The number of likely N-dealkylation sites (tertiary alicyclic amines) is 1. The van der Waals surface area contributed by atoms with E-state index in [9.17, 15) is 4.79 Å². The lowest BCUT2D eigenvalue weighted by Crippen LogP contribution is -2.51. The summed E-state index contributed by atoms with van der Waals surface area (Å²) in [5.74, 6) is 1.14. The molecule has 0 bridgehead atoms. The number of ether oxygens (including phenoxy) is 1. The molecule has 1 spiro atoms. The van der Waals surface area contributed by atoms with Crippen LogP contribution in [0.15, 0.2) is 4.99 Å². The van der Waals surface area contributed by atoms with Crippen LogP contribution < -0.4 is 10.6 Å². The molecule has 3 rings (SSSR count). The summed E-state index contributed by atoms with van der Waals surface area (Å²) >= 11 is 0. The van der Waals surface area contributed by atoms with Gasteiger partial charge in [0.2, 0.25) is 5.91 Å². The number of carbonyl (C=O) groups excluding carboxylic acids is 1. The molecule has 2 N–H and O–H groups in total. The zero-order valence-electron chi connectivity index (χ0n) is 14.3. The number of aliphatic imine (C=N–C) groups is 1. The lowest BCUT2D eigenvalue weighted by atomic mass is 9.79. The van der Waals surface area contributed by atoms with E-state index in [4.69, 9.17) is 4.74 Å². The van der Waals surface area contributed by atoms with Crippen molar-refractivity contribution in [3.8, 4) is 0 Å². The van der Waals surface area contributed by atoms with Gasteiger partial charge in [0.15, 0.2) is 5.96 Å². The van der Waals surface area contributed by atoms with Crippen molar-refractivity contribution in [3.05, 3.63) is 0 Å². The fourth-order valence-corrected chi connectivity index (χ4v) is 4.20. The number of nitrogens with one attached hydrogen (secondary N) is 2. The van der Waals surface area contributed by atoms with Crippen LogP contribution in [0.1, 0.15) is 44.9 Å². The number of nitrogens with zero attached hydrogens (tertiary/aromatic N) is 2. The first-order valence-electron chi connectivity index (χ1n) is 9.05. The van der Waals surface area contributed by atoms with Gasteiger partial charge in [-0.25, -0.2) is 0 Å².